The van der Waals surface area contributed by atoms with E-state index in [1.54, 1.807) is 16.8 Å². The number of halogens is 1. The summed E-state index contributed by atoms with van der Waals surface area (Å²) in [4.78, 5) is 27.1. The largest absolute Gasteiger partial charge is 0.369 e. The molecule has 128 valence electrons. The molecule has 1 rings (SSSR count). The van der Waals surface area contributed by atoms with E-state index in [0.29, 0.717) is 11.6 Å². The maximum Gasteiger partial charge on any atom is 0.237 e. The van der Waals surface area contributed by atoms with Crippen LogP contribution >= 0.6 is 11.6 Å². The van der Waals surface area contributed by atoms with Crippen LogP contribution in [0, 0.1) is 0 Å². The van der Waals surface area contributed by atoms with E-state index in [9.17, 15) is 9.59 Å². The summed E-state index contributed by atoms with van der Waals surface area (Å²) in [5, 5.41) is 0.669. The number of hydrogen-bond donors (Lipinski definition) is 1. The Bertz CT molecular complexity index is 519. The molecule has 1 unspecified atom stereocenters. The summed E-state index contributed by atoms with van der Waals surface area (Å²) in [6, 6.07) is 7.38. The minimum Gasteiger partial charge on any atom is -0.369 e. The first kappa shape index (κ1) is 19.5. The monoisotopic (exact) mass is 339 g/mol. The number of nitrogens with two attached hydrogens (primary N) is 1. The topological polar surface area (TPSA) is 66.6 Å². The van der Waals surface area contributed by atoms with Crippen molar-refractivity contribution in [3.05, 3.63) is 34.9 Å². The molecule has 0 aliphatic rings. The van der Waals surface area contributed by atoms with Crippen molar-refractivity contribution >= 4 is 23.4 Å². The molecule has 0 saturated carbocycles. The molecular formula is C17H26ClN3O2. The predicted octanol–water partition coefficient (Wildman–Crippen LogP) is 2.45. The van der Waals surface area contributed by atoms with Gasteiger partial charge in [0.05, 0.1) is 19.1 Å². The number of nitrogens with zero attached hydrogens (tertiary/aromatic N) is 2. The van der Waals surface area contributed by atoms with E-state index in [0.717, 1.165) is 18.4 Å². The third-order valence-corrected chi connectivity index (χ3v) is 4.14. The number of carbonyl (C=O) groups excluding carboxylic acids is 2. The number of amides is 2. The van der Waals surface area contributed by atoms with E-state index < -0.39 is 5.91 Å². The SMILES string of the molecule is CCCCN(CC(N)=O)CC(=O)N(C)C(C)c1ccc(Cl)cc1. The molecule has 2 amide bonds. The Morgan fingerprint density at radius 1 is 1.22 bits per heavy atom. The lowest BCUT2D eigenvalue weighted by Gasteiger charge is -2.28. The van der Waals surface area contributed by atoms with Crippen LogP contribution in [0.3, 0.4) is 0 Å². The highest BCUT2D eigenvalue weighted by Crippen LogP contribution is 2.21. The molecule has 0 fully saturated rings. The van der Waals surface area contributed by atoms with Gasteiger partial charge in [0, 0.05) is 12.1 Å². The Hall–Kier alpha value is -1.59. The fourth-order valence-electron chi connectivity index (χ4n) is 2.30. The van der Waals surface area contributed by atoms with Crippen LogP contribution in [-0.2, 0) is 9.59 Å². The molecule has 0 spiro atoms. The average Bonchev–Trinajstić information content (AvgIpc) is 2.51. The smallest absolute Gasteiger partial charge is 0.237 e. The molecule has 1 aromatic carbocycles. The summed E-state index contributed by atoms with van der Waals surface area (Å²) < 4.78 is 0. The number of likely N-dealkylation sites (N-methyl/N-ethyl adjacent to an activating group) is 1. The third kappa shape index (κ3) is 6.59. The van der Waals surface area contributed by atoms with Gasteiger partial charge in [-0.05, 0) is 37.6 Å². The number of hydrogen-bond acceptors (Lipinski definition) is 3. The molecule has 1 atom stereocenters. The Morgan fingerprint density at radius 2 is 1.83 bits per heavy atom. The maximum absolute atomic E-state index is 12.5. The fourth-order valence-corrected chi connectivity index (χ4v) is 2.43. The van der Waals surface area contributed by atoms with E-state index in [1.165, 1.54) is 0 Å². The van der Waals surface area contributed by atoms with E-state index in [4.69, 9.17) is 17.3 Å². The van der Waals surface area contributed by atoms with Crippen molar-refractivity contribution in [2.45, 2.75) is 32.7 Å². The van der Waals surface area contributed by atoms with Gasteiger partial charge >= 0.3 is 0 Å². The minimum atomic E-state index is -0.415. The summed E-state index contributed by atoms with van der Waals surface area (Å²) in [5.74, 6) is -0.452. The van der Waals surface area contributed by atoms with Gasteiger partial charge < -0.3 is 10.6 Å². The molecule has 23 heavy (non-hydrogen) atoms. The summed E-state index contributed by atoms with van der Waals surface area (Å²) in [7, 11) is 1.77. The molecule has 1 aromatic rings. The molecule has 0 bridgehead atoms. The van der Waals surface area contributed by atoms with Crippen molar-refractivity contribution < 1.29 is 9.59 Å². The van der Waals surface area contributed by atoms with E-state index in [1.807, 2.05) is 31.2 Å². The Kier molecular flexibility index (Phi) is 8.06. The molecule has 0 heterocycles. The average molecular weight is 340 g/mol. The summed E-state index contributed by atoms with van der Waals surface area (Å²) in [6.07, 6.45) is 1.93. The van der Waals surface area contributed by atoms with Crippen LogP contribution in [0.2, 0.25) is 5.02 Å². The molecule has 0 aliphatic heterocycles. The first-order valence-electron chi connectivity index (χ1n) is 7.87. The minimum absolute atomic E-state index is 0.0372. The zero-order chi connectivity index (χ0) is 17.4. The van der Waals surface area contributed by atoms with Crippen molar-refractivity contribution in [1.29, 1.82) is 0 Å². The van der Waals surface area contributed by atoms with Gasteiger partial charge in [0.25, 0.3) is 0 Å². The summed E-state index contributed by atoms with van der Waals surface area (Å²) in [5.41, 5.74) is 6.28. The molecule has 5 nitrogen and oxygen atoms in total. The number of carbonyl (C=O) groups is 2. The lowest BCUT2D eigenvalue weighted by atomic mass is 10.1. The van der Waals surface area contributed by atoms with Crippen LogP contribution < -0.4 is 5.73 Å². The van der Waals surface area contributed by atoms with E-state index in [2.05, 4.69) is 6.92 Å². The van der Waals surface area contributed by atoms with Gasteiger partial charge in [-0.3, -0.25) is 14.5 Å². The summed E-state index contributed by atoms with van der Waals surface area (Å²) in [6.45, 7) is 5.02. The van der Waals surface area contributed by atoms with Crippen molar-refractivity contribution in [2.75, 3.05) is 26.7 Å². The highest BCUT2D eigenvalue weighted by Gasteiger charge is 2.20. The molecule has 0 aromatic heterocycles. The second-order valence-electron chi connectivity index (χ2n) is 5.76. The van der Waals surface area contributed by atoms with Crippen LogP contribution in [0.25, 0.3) is 0 Å². The second-order valence-corrected chi connectivity index (χ2v) is 6.20. The number of rotatable bonds is 9. The van der Waals surface area contributed by atoms with Gasteiger partial charge in [-0.1, -0.05) is 37.1 Å². The maximum atomic E-state index is 12.5. The molecule has 0 saturated heterocycles. The molecule has 0 aliphatic carbocycles. The normalized spacial score (nSPS) is 12.2. The number of primary amides is 1. The molecule has 2 N–H and O–H groups in total. The van der Waals surface area contributed by atoms with Crippen LogP contribution in [0.5, 0.6) is 0 Å². The zero-order valence-corrected chi connectivity index (χ0v) is 14.8. The second kappa shape index (κ2) is 9.53. The first-order valence-corrected chi connectivity index (χ1v) is 8.24. The van der Waals surface area contributed by atoms with Gasteiger partial charge in [0.15, 0.2) is 0 Å². The van der Waals surface area contributed by atoms with Gasteiger partial charge in [-0.2, -0.15) is 0 Å². The lowest BCUT2D eigenvalue weighted by Crippen LogP contribution is -2.43. The first-order chi connectivity index (χ1) is 10.8. The van der Waals surface area contributed by atoms with Gasteiger partial charge in [0.2, 0.25) is 11.8 Å². The van der Waals surface area contributed by atoms with Gasteiger partial charge in [-0.15, -0.1) is 0 Å². The quantitative estimate of drug-likeness (QED) is 0.751. The van der Waals surface area contributed by atoms with Crippen molar-refractivity contribution in [1.82, 2.24) is 9.80 Å². The van der Waals surface area contributed by atoms with Crippen molar-refractivity contribution in [3.63, 3.8) is 0 Å². The third-order valence-electron chi connectivity index (χ3n) is 3.89. The van der Waals surface area contributed by atoms with E-state index >= 15 is 0 Å². The fraction of sp³-hybridized carbons (Fsp3) is 0.529. The Labute approximate surface area is 143 Å². The van der Waals surface area contributed by atoms with Gasteiger partial charge in [-0.25, -0.2) is 0 Å². The molecular weight excluding hydrogens is 314 g/mol. The highest BCUT2D eigenvalue weighted by atomic mass is 35.5. The summed E-state index contributed by atoms with van der Waals surface area (Å²) >= 11 is 5.89. The van der Waals surface area contributed by atoms with Gasteiger partial charge in [0.1, 0.15) is 0 Å². The van der Waals surface area contributed by atoms with Crippen LogP contribution in [0.4, 0.5) is 0 Å². The predicted molar refractivity (Wildman–Crippen MR) is 93.2 cm³/mol. The lowest BCUT2D eigenvalue weighted by molar-refractivity contribution is -0.133. The van der Waals surface area contributed by atoms with Crippen LogP contribution in [-0.4, -0.2) is 48.3 Å². The Balaban J connectivity index is 2.68. The van der Waals surface area contributed by atoms with Crippen molar-refractivity contribution in [3.8, 4) is 0 Å². The molecule has 0 radical (unpaired) electrons. The number of unbranched alkanes of at least 4 members (excludes halogenated alkanes) is 1. The zero-order valence-electron chi connectivity index (χ0n) is 14.1. The molecule has 6 heteroatoms. The van der Waals surface area contributed by atoms with Crippen LogP contribution in [0.1, 0.15) is 38.3 Å². The van der Waals surface area contributed by atoms with E-state index in [-0.39, 0.29) is 25.0 Å². The standard InChI is InChI=1S/C17H26ClN3O2/c1-4-5-10-21(11-16(19)22)12-17(23)20(3)13(2)14-6-8-15(18)9-7-14/h6-9,13H,4-5,10-12H2,1-3H3,(H2,19,22). The van der Waals surface area contributed by atoms with Crippen LogP contribution in [0.15, 0.2) is 24.3 Å². The van der Waals surface area contributed by atoms with Crippen molar-refractivity contribution in [2.24, 2.45) is 5.73 Å². The number of benzene rings is 1. The Morgan fingerprint density at radius 3 is 2.35 bits per heavy atom. The highest BCUT2D eigenvalue weighted by molar-refractivity contribution is 6.30.